The van der Waals surface area contributed by atoms with Crippen molar-refractivity contribution in [3.8, 4) is 11.5 Å². The van der Waals surface area contributed by atoms with E-state index < -0.39 is 0 Å². The van der Waals surface area contributed by atoms with Gasteiger partial charge in [-0.3, -0.25) is 4.79 Å². The van der Waals surface area contributed by atoms with Crippen molar-refractivity contribution in [1.29, 1.82) is 0 Å². The summed E-state index contributed by atoms with van der Waals surface area (Å²) >= 11 is 0. The monoisotopic (exact) mass is 340 g/mol. The molecule has 1 amide bonds. The minimum atomic E-state index is -0.100. The lowest BCUT2D eigenvalue weighted by Gasteiger charge is -2.29. The summed E-state index contributed by atoms with van der Waals surface area (Å²) in [5.41, 5.74) is 0. The Morgan fingerprint density at radius 1 is 1.35 bits per heavy atom. The molecule has 0 aliphatic carbocycles. The van der Waals surface area contributed by atoms with Crippen molar-refractivity contribution in [2.45, 2.75) is 25.4 Å². The van der Waals surface area contributed by atoms with Gasteiger partial charge in [0.1, 0.15) is 6.61 Å². The maximum Gasteiger partial charge on any atom is 0.222 e. The molecule has 5 nitrogen and oxygen atoms in total. The number of ether oxygens (including phenoxy) is 2. The van der Waals surface area contributed by atoms with Crippen molar-refractivity contribution in [2.24, 2.45) is 5.92 Å². The van der Waals surface area contributed by atoms with Gasteiger partial charge in [0, 0.05) is 13.5 Å². The van der Waals surface area contributed by atoms with Crippen LogP contribution < -0.4 is 14.8 Å². The SMILES string of the molecule is CN(CC1COc2ccccc2O1)C(=O)CCC1CCNC1.Cl. The van der Waals surface area contributed by atoms with Gasteiger partial charge in [0.25, 0.3) is 0 Å². The molecule has 1 fully saturated rings. The molecule has 2 atom stereocenters. The first-order chi connectivity index (χ1) is 10.7. The molecule has 2 aliphatic heterocycles. The average Bonchev–Trinajstić information content (AvgIpc) is 3.06. The second-order valence-electron chi connectivity index (χ2n) is 6.17. The Morgan fingerprint density at radius 3 is 2.87 bits per heavy atom. The maximum absolute atomic E-state index is 12.2. The second kappa shape index (κ2) is 8.41. The average molecular weight is 341 g/mol. The van der Waals surface area contributed by atoms with Crippen molar-refractivity contribution >= 4 is 18.3 Å². The molecule has 2 heterocycles. The molecule has 1 N–H and O–H groups in total. The third kappa shape index (κ3) is 4.75. The van der Waals surface area contributed by atoms with Gasteiger partial charge in [0.05, 0.1) is 6.54 Å². The van der Waals surface area contributed by atoms with Crippen LogP contribution in [-0.2, 0) is 4.79 Å². The van der Waals surface area contributed by atoms with Crippen molar-refractivity contribution in [2.75, 3.05) is 33.3 Å². The molecule has 0 bridgehead atoms. The number of nitrogens with zero attached hydrogens (tertiary/aromatic N) is 1. The molecule has 0 aromatic heterocycles. The van der Waals surface area contributed by atoms with Gasteiger partial charge in [-0.1, -0.05) is 12.1 Å². The lowest BCUT2D eigenvalue weighted by molar-refractivity contribution is -0.131. The topological polar surface area (TPSA) is 50.8 Å². The number of nitrogens with one attached hydrogen (secondary N) is 1. The van der Waals surface area contributed by atoms with E-state index in [1.54, 1.807) is 4.90 Å². The van der Waals surface area contributed by atoms with Crippen molar-refractivity contribution in [1.82, 2.24) is 10.2 Å². The molecule has 23 heavy (non-hydrogen) atoms. The fraction of sp³-hybridized carbons (Fsp3) is 0.588. The Bertz CT molecular complexity index is 520. The van der Waals surface area contributed by atoms with Crippen LogP contribution in [0.15, 0.2) is 24.3 Å². The Balaban J connectivity index is 0.00000192. The maximum atomic E-state index is 12.2. The van der Waals surface area contributed by atoms with E-state index in [0.717, 1.165) is 31.0 Å². The van der Waals surface area contributed by atoms with E-state index >= 15 is 0 Å². The van der Waals surface area contributed by atoms with Gasteiger partial charge in [-0.15, -0.1) is 12.4 Å². The first-order valence-electron chi connectivity index (χ1n) is 8.05. The molecule has 3 rings (SSSR count). The minimum absolute atomic E-state index is 0. The molecular formula is C17H25ClN2O3. The second-order valence-corrected chi connectivity index (χ2v) is 6.17. The lowest BCUT2D eigenvalue weighted by Crippen LogP contribution is -2.41. The van der Waals surface area contributed by atoms with Gasteiger partial charge in [-0.2, -0.15) is 0 Å². The Morgan fingerprint density at radius 2 is 2.13 bits per heavy atom. The van der Waals surface area contributed by atoms with Crippen molar-refractivity contribution in [3.63, 3.8) is 0 Å². The number of carbonyl (C=O) groups excluding carboxylic acids is 1. The van der Waals surface area contributed by atoms with E-state index in [1.165, 1.54) is 6.42 Å². The molecule has 0 saturated carbocycles. The largest absolute Gasteiger partial charge is 0.486 e. The molecule has 1 aromatic carbocycles. The summed E-state index contributed by atoms with van der Waals surface area (Å²) in [4.78, 5) is 14.0. The molecule has 0 spiro atoms. The van der Waals surface area contributed by atoms with Gasteiger partial charge >= 0.3 is 0 Å². The smallest absolute Gasteiger partial charge is 0.222 e. The number of hydrogen-bond acceptors (Lipinski definition) is 4. The highest BCUT2D eigenvalue weighted by molar-refractivity contribution is 5.85. The van der Waals surface area contributed by atoms with Crippen LogP contribution in [0.2, 0.25) is 0 Å². The zero-order valence-electron chi connectivity index (χ0n) is 13.5. The number of benzene rings is 1. The number of fused-ring (bicyclic) bond motifs is 1. The quantitative estimate of drug-likeness (QED) is 0.891. The Labute approximate surface area is 143 Å². The standard InChI is InChI=1S/C17H24N2O3.ClH/c1-19(17(20)7-6-13-8-9-18-10-13)11-14-12-21-15-4-2-3-5-16(15)22-14;/h2-5,13-14,18H,6-12H2,1H3;1H. The summed E-state index contributed by atoms with van der Waals surface area (Å²) < 4.78 is 11.6. The van der Waals surface area contributed by atoms with Crippen molar-refractivity contribution < 1.29 is 14.3 Å². The molecular weight excluding hydrogens is 316 g/mol. The predicted molar refractivity (Wildman–Crippen MR) is 91.4 cm³/mol. The van der Waals surface area contributed by atoms with Crippen LogP contribution >= 0.6 is 12.4 Å². The Kier molecular flexibility index (Phi) is 6.54. The minimum Gasteiger partial charge on any atom is -0.486 e. The number of amides is 1. The van der Waals surface area contributed by atoms with Gasteiger partial charge in [0.15, 0.2) is 17.6 Å². The third-order valence-corrected chi connectivity index (χ3v) is 4.40. The lowest BCUT2D eigenvalue weighted by atomic mass is 10.0. The molecule has 0 radical (unpaired) electrons. The third-order valence-electron chi connectivity index (χ3n) is 4.40. The number of rotatable bonds is 5. The van der Waals surface area contributed by atoms with Gasteiger partial charge in [0.2, 0.25) is 5.91 Å². The molecule has 2 aliphatic rings. The van der Waals surface area contributed by atoms with Crippen LogP contribution in [0, 0.1) is 5.92 Å². The molecule has 128 valence electrons. The number of carbonyl (C=O) groups is 1. The summed E-state index contributed by atoms with van der Waals surface area (Å²) in [5, 5.41) is 3.34. The van der Waals surface area contributed by atoms with E-state index in [4.69, 9.17) is 9.47 Å². The number of para-hydroxylation sites is 2. The van der Waals surface area contributed by atoms with Crippen LogP contribution in [0.5, 0.6) is 11.5 Å². The summed E-state index contributed by atoms with van der Waals surface area (Å²) in [6, 6.07) is 7.65. The van der Waals surface area contributed by atoms with E-state index in [0.29, 0.717) is 25.5 Å². The highest BCUT2D eigenvalue weighted by Crippen LogP contribution is 2.31. The van der Waals surface area contributed by atoms with Crippen LogP contribution in [0.1, 0.15) is 19.3 Å². The highest BCUT2D eigenvalue weighted by Gasteiger charge is 2.24. The van der Waals surface area contributed by atoms with Crippen LogP contribution in [0.3, 0.4) is 0 Å². The van der Waals surface area contributed by atoms with E-state index in [9.17, 15) is 4.79 Å². The molecule has 2 unspecified atom stereocenters. The normalized spacial score (nSPS) is 22.3. The first kappa shape index (κ1) is 17.9. The zero-order chi connectivity index (χ0) is 15.4. The van der Waals surface area contributed by atoms with Gasteiger partial charge < -0.3 is 19.7 Å². The number of likely N-dealkylation sites (N-methyl/N-ethyl adjacent to an activating group) is 1. The predicted octanol–water partition coefficient (Wildman–Crippen LogP) is 2.10. The fourth-order valence-electron chi connectivity index (χ4n) is 3.04. The van der Waals surface area contributed by atoms with Crippen LogP contribution in [-0.4, -0.2) is 50.2 Å². The van der Waals surface area contributed by atoms with E-state index in [1.807, 2.05) is 31.3 Å². The van der Waals surface area contributed by atoms with Crippen LogP contribution in [0.4, 0.5) is 0 Å². The summed E-state index contributed by atoms with van der Waals surface area (Å²) in [5.74, 6) is 2.38. The fourth-order valence-corrected chi connectivity index (χ4v) is 3.04. The molecule has 1 aromatic rings. The highest BCUT2D eigenvalue weighted by atomic mass is 35.5. The zero-order valence-corrected chi connectivity index (χ0v) is 14.3. The molecule has 6 heteroatoms. The number of halogens is 1. The van der Waals surface area contributed by atoms with Gasteiger partial charge in [-0.05, 0) is 44.0 Å². The Hall–Kier alpha value is -1.46. The van der Waals surface area contributed by atoms with E-state index in [-0.39, 0.29) is 24.4 Å². The van der Waals surface area contributed by atoms with Gasteiger partial charge in [-0.25, -0.2) is 0 Å². The number of hydrogen-bond donors (Lipinski definition) is 1. The van der Waals surface area contributed by atoms with Crippen LogP contribution in [0.25, 0.3) is 0 Å². The molecule has 1 saturated heterocycles. The first-order valence-corrected chi connectivity index (χ1v) is 8.05. The summed E-state index contributed by atoms with van der Waals surface area (Å²) in [6.07, 6.45) is 2.68. The van der Waals surface area contributed by atoms with E-state index in [2.05, 4.69) is 5.32 Å². The van der Waals surface area contributed by atoms with Crippen molar-refractivity contribution in [3.05, 3.63) is 24.3 Å². The summed E-state index contributed by atoms with van der Waals surface area (Å²) in [6.45, 7) is 3.19. The summed E-state index contributed by atoms with van der Waals surface area (Å²) in [7, 11) is 1.85.